The van der Waals surface area contributed by atoms with Crippen LogP contribution in [0.25, 0.3) is 0 Å². The van der Waals surface area contributed by atoms with Crippen LogP contribution in [0.5, 0.6) is 0 Å². The zero-order chi connectivity index (χ0) is 17.9. The Morgan fingerprint density at radius 1 is 0.958 bits per heavy atom. The van der Waals surface area contributed by atoms with E-state index in [1.165, 1.54) is 13.8 Å². The maximum absolute atomic E-state index is 12.5. The first-order valence-electron chi connectivity index (χ1n) is 7.70. The van der Waals surface area contributed by atoms with Gasteiger partial charge in [-0.1, -0.05) is 24.3 Å². The summed E-state index contributed by atoms with van der Waals surface area (Å²) in [7, 11) is 0. The van der Waals surface area contributed by atoms with Crippen LogP contribution in [0.3, 0.4) is 0 Å². The van der Waals surface area contributed by atoms with Gasteiger partial charge in [-0.15, -0.1) is 0 Å². The summed E-state index contributed by atoms with van der Waals surface area (Å²) < 4.78 is 0. The molecule has 0 saturated heterocycles. The number of amides is 2. The smallest absolute Gasteiger partial charge is 0.255 e. The third kappa shape index (κ3) is 4.20. The molecular weight excluding hydrogens is 304 g/mol. The molecule has 0 radical (unpaired) electrons. The van der Waals surface area contributed by atoms with Crippen molar-refractivity contribution in [3.05, 3.63) is 59.2 Å². The monoisotopic (exact) mass is 326 g/mol. The van der Waals surface area contributed by atoms with E-state index in [4.69, 9.17) is 0 Å². The van der Waals surface area contributed by atoms with Gasteiger partial charge in [0.15, 0.2) is 0 Å². The summed E-state index contributed by atoms with van der Waals surface area (Å²) in [4.78, 5) is 24.5. The fourth-order valence-electron chi connectivity index (χ4n) is 2.16. The number of carbonyl (C=O) groups excluding carboxylic acids is 2. The van der Waals surface area contributed by atoms with Gasteiger partial charge in [0, 0.05) is 5.56 Å². The van der Waals surface area contributed by atoms with Crippen molar-refractivity contribution in [2.45, 2.75) is 33.3 Å². The van der Waals surface area contributed by atoms with Gasteiger partial charge in [-0.05, 0) is 57.0 Å². The van der Waals surface area contributed by atoms with E-state index < -0.39 is 11.5 Å². The summed E-state index contributed by atoms with van der Waals surface area (Å²) >= 11 is 0. The Hall–Kier alpha value is -2.66. The predicted molar refractivity (Wildman–Crippen MR) is 95.2 cm³/mol. The molecule has 5 heteroatoms. The van der Waals surface area contributed by atoms with Gasteiger partial charge in [-0.3, -0.25) is 9.59 Å². The Bertz CT molecular complexity index is 776. The molecule has 5 nitrogen and oxygen atoms in total. The lowest BCUT2D eigenvalue weighted by molar-refractivity contribution is -0.130. The first kappa shape index (κ1) is 17.7. The van der Waals surface area contributed by atoms with Crippen molar-refractivity contribution >= 4 is 23.2 Å². The lowest BCUT2D eigenvalue weighted by atomic mass is 10.1. The number of hydrogen-bond donors (Lipinski definition) is 3. The van der Waals surface area contributed by atoms with Crippen molar-refractivity contribution in [2.24, 2.45) is 0 Å². The SMILES string of the molecule is Cc1ccc(NC(=O)c2ccccc2C)c(NC(=O)C(C)(C)O)c1. The molecule has 0 unspecified atom stereocenters. The average Bonchev–Trinajstić information content (AvgIpc) is 2.49. The van der Waals surface area contributed by atoms with Crippen LogP contribution in [0.2, 0.25) is 0 Å². The second-order valence-electron chi connectivity index (χ2n) is 6.33. The summed E-state index contributed by atoms with van der Waals surface area (Å²) in [6.07, 6.45) is 0. The summed E-state index contributed by atoms with van der Waals surface area (Å²) in [5.74, 6) is -0.796. The number of benzene rings is 2. The zero-order valence-corrected chi connectivity index (χ0v) is 14.3. The number of nitrogens with one attached hydrogen (secondary N) is 2. The van der Waals surface area contributed by atoms with Crippen LogP contribution in [0.4, 0.5) is 11.4 Å². The number of carbonyl (C=O) groups is 2. The lowest BCUT2D eigenvalue weighted by Gasteiger charge is -2.19. The van der Waals surface area contributed by atoms with Crippen LogP contribution in [-0.4, -0.2) is 22.5 Å². The van der Waals surface area contributed by atoms with Crippen molar-refractivity contribution in [1.29, 1.82) is 0 Å². The van der Waals surface area contributed by atoms with Crippen molar-refractivity contribution in [1.82, 2.24) is 0 Å². The van der Waals surface area contributed by atoms with E-state index in [1.54, 1.807) is 24.3 Å². The molecule has 24 heavy (non-hydrogen) atoms. The Morgan fingerprint density at radius 3 is 2.25 bits per heavy atom. The average molecular weight is 326 g/mol. The number of aliphatic hydroxyl groups is 1. The van der Waals surface area contributed by atoms with E-state index in [0.29, 0.717) is 16.9 Å². The van der Waals surface area contributed by atoms with Crippen LogP contribution in [-0.2, 0) is 4.79 Å². The Balaban J connectivity index is 2.29. The van der Waals surface area contributed by atoms with E-state index in [0.717, 1.165) is 11.1 Å². The first-order valence-corrected chi connectivity index (χ1v) is 7.70. The molecule has 0 bridgehead atoms. The van der Waals surface area contributed by atoms with Gasteiger partial charge in [0.25, 0.3) is 11.8 Å². The molecule has 2 amide bonds. The number of anilines is 2. The van der Waals surface area contributed by atoms with Gasteiger partial charge in [0.1, 0.15) is 5.60 Å². The van der Waals surface area contributed by atoms with E-state index in [2.05, 4.69) is 10.6 Å². The van der Waals surface area contributed by atoms with Crippen LogP contribution < -0.4 is 10.6 Å². The maximum atomic E-state index is 12.5. The molecule has 0 aliphatic rings. The fourth-order valence-corrected chi connectivity index (χ4v) is 2.16. The molecule has 0 aromatic heterocycles. The molecule has 0 saturated carbocycles. The molecule has 126 valence electrons. The lowest BCUT2D eigenvalue weighted by Crippen LogP contribution is -2.37. The zero-order valence-electron chi connectivity index (χ0n) is 14.3. The second-order valence-corrected chi connectivity index (χ2v) is 6.33. The van der Waals surface area contributed by atoms with Crippen LogP contribution in [0.1, 0.15) is 35.3 Å². The molecule has 2 aromatic rings. The van der Waals surface area contributed by atoms with Gasteiger partial charge in [-0.25, -0.2) is 0 Å². The van der Waals surface area contributed by atoms with E-state index in [9.17, 15) is 14.7 Å². The highest BCUT2D eigenvalue weighted by Gasteiger charge is 2.24. The minimum atomic E-state index is -1.51. The number of hydrogen-bond acceptors (Lipinski definition) is 3. The van der Waals surface area contributed by atoms with Gasteiger partial charge in [-0.2, -0.15) is 0 Å². The van der Waals surface area contributed by atoms with Gasteiger partial charge < -0.3 is 15.7 Å². The summed E-state index contributed by atoms with van der Waals surface area (Å²) in [6, 6.07) is 12.6. The molecule has 0 fully saturated rings. The first-order chi connectivity index (χ1) is 11.2. The highest BCUT2D eigenvalue weighted by atomic mass is 16.3. The largest absolute Gasteiger partial charge is 0.381 e. The molecule has 2 rings (SSSR count). The summed E-state index contributed by atoms with van der Waals surface area (Å²) in [5.41, 5.74) is 1.77. The Kier molecular flexibility index (Phi) is 5.04. The maximum Gasteiger partial charge on any atom is 0.255 e. The van der Waals surface area contributed by atoms with Gasteiger partial charge >= 0.3 is 0 Å². The number of rotatable bonds is 4. The third-order valence-electron chi connectivity index (χ3n) is 3.62. The van der Waals surface area contributed by atoms with E-state index in [-0.39, 0.29) is 5.91 Å². The van der Waals surface area contributed by atoms with Gasteiger partial charge in [0.05, 0.1) is 11.4 Å². The van der Waals surface area contributed by atoms with Crippen LogP contribution in [0.15, 0.2) is 42.5 Å². The second kappa shape index (κ2) is 6.84. The Morgan fingerprint density at radius 2 is 1.62 bits per heavy atom. The Labute approximate surface area is 141 Å². The van der Waals surface area contributed by atoms with Gasteiger partial charge in [0.2, 0.25) is 0 Å². The molecular formula is C19H22N2O3. The van der Waals surface area contributed by atoms with Crippen molar-refractivity contribution in [2.75, 3.05) is 10.6 Å². The molecule has 2 aromatic carbocycles. The summed E-state index contributed by atoms with van der Waals surface area (Å²) in [5, 5.41) is 15.3. The highest BCUT2D eigenvalue weighted by Crippen LogP contribution is 2.25. The van der Waals surface area contributed by atoms with Crippen molar-refractivity contribution < 1.29 is 14.7 Å². The third-order valence-corrected chi connectivity index (χ3v) is 3.62. The fraction of sp³-hybridized carbons (Fsp3) is 0.263. The molecule has 0 atom stereocenters. The minimum absolute atomic E-state index is 0.254. The topological polar surface area (TPSA) is 78.4 Å². The number of aryl methyl sites for hydroxylation is 2. The molecule has 3 N–H and O–H groups in total. The molecule has 0 aliphatic heterocycles. The molecule has 0 heterocycles. The highest BCUT2D eigenvalue weighted by molar-refractivity contribution is 6.08. The molecule has 0 aliphatic carbocycles. The van der Waals surface area contributed by atoms with E-state index >= 15 is 0 Å². The molecule has 0 spiro atoms. The quantitative estimate of drug-likeness (QED) is 0.807. The van der Waals surface area contributed by atoms with E-state index in [1.807, 2.05) is 32.0 Å². The van der Waals surface area contributed by atoms with Crippen molar-refractivity contribution in [3.63, 3.8) is 0 Å². The van der Waals surface area contributed by atoms with Crippen LogP contribution >= 0.6 is 0 Å². The van der Waals surface area contributed by atoms with Crippen LogP contribution in [0, 0.1) is 13.8 Å². The minimum Gasteiger partial charge on any atom is -0.381 e. The predicted octanol–water partition coefficient (Wildman–Crippen LogP) is 3.27. The van der Waals surface area contributed by atoms with Crippen molar-refractivity contribution in [3.8, 4) is 0 Å². The normalized spacial score (nSPS) is 11.0. The standard InChI is InChI=1S/C19H22N2O3/c1-12-9-10-15(16(11-12)21-18(23)19(3,4)24)20-17(22)14-8-6-5-7-13(14)2/h5-11,24H,1-4H3,(H,20,22)(H,21,23). The summed E-state index contributed by atoms with van der Waals surface area (Å²) in [6.45, 7) is 6.56.